The second-order valence-corrected chi connectivity index (χ2v) is 7.57. The van der Waals surface area contributed by atoms with E-state index in [0.29, 0.717) is 34.3 Å². The number of carbonyl (C=O) groups excluding carboxylic acids is 1. The molecule has 0 aliphatic rings. The van der Waals surface area contributed by atoms with Crippen molar-refractivity contribution in [3.63, 3.8) is 0 Å². The summed E-state index contributed by atoms with van der Waals surface area (Å²) in [4.78, 5) is 18.9. The highest BCUT2D eigenvalue weighted by atomic mass is 35.5. The van der Waals surface area contributed by atoms with E-state index in [2.05, 4.69) is 9.72 Å². The van der Waals surface area contributed by atoms with Gasteiger partial charge in [-0.05, 0) is 36.8 Å². The fourth-order valence-electron chi connectivity index (χ4n) is 2.86. The summed E-state index contributed by atoms with van der Waals surface area (Å²) in [5.41, 5.74) is 0.934. The molecular formula is C20H19ClF2N2O3S. The maximum absolute atomic E-state index is 12.9. The van der Waals surface area contributed by atoms with Gasteiger partial charge in [0.15, 0.2) is 5.13 Å². The molecule has 0 aliphatic carbocycles. The maximum Gasteiger partial charge on any atom is 0.387 e. The number of furan rings is 1. The molecule has 9 heteroatoms. The Kier molecular flexibility index (Phi) is 6.87. The van der Waals surface area contributed by atoms with Crippen LogP contribution in [0.15, 0.2) is 46.4 Å². The van der Waals surface area contributed by atoms with Crippen molar-refractivity contribution in [1.82, 2.24) is 4.98 Å². The van der Waals surface area contributed by atoms with Crippen molar-refractivity contribution in [2.75, 3.05) is 11.9 Å². The van der Waals surface area contributed by atoms with Gasteiger partial charge in [-0.3, -0.25) is 9.69 Å². The Bertz CT molecular complexity index is 963. The molecule has 0 unspecified atom stereocenters. The van der Waals surface area contributed by atoms with Crippen molar-refractivity contribution in [3.8, 4) is 17.0 Å². The lowest BCUT2D eigenvalue weighted by atomic mass is 9.99. The van der Waals surface area contributed by atoms with E-state index in [1.807, 2.05) is 13.0 Å². The molecule has 3 aromatic rings. The van der Waals surface area contributed by atoms with Gasteiger partial charge in [0.1, 0.15) is 11.5 Å². The van der Waals surface area contributed by atoms with Gasteiger partial charge in [0.05, 0.1) is 17.0 Å². The first-order valence-electron chi connectivity index (χ1n) is 8.89. The number of aromatic nitrogens is 1. The number of amides is 1. The van der Waals surface area contributed by atoms with Gasteiger partial charge in [0.2, 0.25) is 5.91 Å². The summed E-state index contributed by atoms with van der Waals surface area (Å²) in [6, 6.07) is 7.87. The topological polar surface area (TPSA) is 55.6 Å². The third-order valence-corrected chi connectivity index (χ3v) is 5.66. The van der Waals surface area contributed by atoms with E-state index >= 15 is 0 Å². The molecule has 0 bridgehead atoms. The fraction of sp³-hybridized carbons (Fsp3) is 0.300. The van der Waals surface area contributed by atoms with Crippen LogP contribution in [0.2, 0.25) is 5.02 Å². The number of carbonyl (C=O) groups is 1. The van der Waals surface area contributed by atoms with Gasteiger partial charge in [-0.25, -0.2) is 4.98 Å². The molecule has 0 fully saturated rings. The molecule has 3 rings (SSSR count). The van der Waals surface area contributed by atoms with Gasteiger partial charge in [-0.15, -0.1) is 11.3 Å². The molecule has 2 heterocycles. The van der Waals surface area contributed by atoms with Crippen molar-refractivity contribution in [2.24, 2.45) is 5.92 Å². The summed E-state index contributed by atoms with van der Waals surface area (Å²) >= 11 is 7.47. The van der Waals surface area contributed by atoms with Crippen LogP contribution in [0.3, 0.4) is 0 Å². The molecular weight excluding hydrogens is 422 g/mol. The molecule has 1 aromatic carbocycles. The van der Waals surface area contributed by atoms with Crippen LogP contribution in [0.5, 0.6) is 5.75 Å². The number of halogens is 3. The summed E-state index contributed by atoms with van der Waals surface area (Å²) in [6.07, 6.45) is 2.74. The van der Waals surface area contributed by atoms with Crippen LogP contribution in [-0.4, -0.2) is 24.6 Å². The number of alkyl halides is 2. The highest BCUT2D eigenvalue weighted by molar-refractivity contribution is 7.14. The van der Waals surface area contributed by atoms with E-state index in [1.165, 1.54) is 34.4 Å². The van der Waals surface area contributed by atoms with Gasteiger partial charge in [0, 0.05) is 30.3 Å². The minimum Gasteiger partial charge on any atom is -0.469 e. The maximum atomic E-state index is 12.9. The summed E-state index contributed by atoms with van der Waals surface area (Å²) in [7, 11) is 1.66. The third-order valence-electron chi connectivity index (χ3n) is 4.42. The normalized spacial score (nSPS) is 12.2. The number of ether oxygens (including phenoxy) is 1. The lowest BCUT2D eigenvalue weighted by molar-refractivity contribution is -0.122. The van der Waals surface area contributed by atoms with Crippen LogP contribution in [-0.2, 0) is 11.2 Å². The Morgan fingerprint density at radius 3 is 2.83 bits per heavy atom. The summed E-state index contributed by atoms with van der Waals surface area (Å²) in [6.45, 7) is -0.986. The van der Waals surface area contributed by atoms with Gasteiger partial charge in [0.25, 0.3) is 0 Å². The van der Waals surface area contributed by atoms with Crippen molar-refractivity contribution in [1.29, 1.82) is 0 Å². The molecule has 29 heavy (non-hydrogen) atoms. The number of hydrogen-bond donors (Lipinski definition) is 0. The number of nitrogens with zero attached hydrogens (tertiary/aromatic N) is 2. The predicted octanol–water partition coefficient (Wildman–Crippen LogP) is 5.89. The first kappa shape index (κ1) is 21.3. The molecule has 0 N–H and O–H groups in total. The average Bonchev–Trinajstić information content (AvgIpc) is 3.38. The summed E-state index contributed by atoms with van der Waals surface area (Å²) in [5.74, 6) is 0.416. The Morgan fingerprint density at radius 1 is 1.38 bits per heavy atom. The first-order valence-corrected chi connectivity index (χ1v) is 10.1. The van der Waals surface area contributed by atoms with E-state index < -0.39 is 6.61 Å². The number of anilines is 1. The van der Waals surface area contributed by atoms with Crippen molar-refractivity contribution in [2.45, 2.75) is 26.4 Å². The van der Waals surface area contributed by atoms with Gasteiger partial charge < -0.3 is 9.15 Å². The number of benzene rings is 1. The van der Waals surface area contributed by atoms with Crippen LogP contribution >= 0.6 is 22.9 Å². The third kappa shape index (κ3) is 5.13. The van der Waals surface area contributed by atoms with Gasteiger partial charge in [-0.1, -0.05) is 18.5 Å². The Morgan fingerprint density at radius 2 is 2.17 bits per heavy atom. The van der Waals surface area contributed by atoms with Crippen LogP contribution in [0.1, 0.15) is 19.1 Å². The average molecular weight is 441 g/mol. The zero-order valence-corrected chi connectivity index (χ0v) is 17.3. The summed E-state index contributed by atoms with van der Waals surface area (Å²) < 4.78 is 34.7. The molecule has 154 valence electrons. The molecule has 0 saturated heterocycles. The zero-order chi connectivity index (χ0) is 21.0. The van der Waals surface area contributed by atoms with Crippen LogP contribution in [0.25, 0.3) is 11.3 Å². The standard InChI is InChI=1S/C20H19ClF2N2O3S/c1-3-12(9-13-5-4-8-27-13)18(26)25(2)20-24-17(11-29-20)15-10-14(28-19(22)23)6-7-16(15)21/h4-8,10-12,19H,3,9H2,1-2H3/t12-/m1/s1. The second-order valence-electron chi connectivity index (χ2n) is 6.32. The SMILES string of the molecule is CC[C@H](Cc1ccco1)C(=O)N(C)c1nc(-c2cc(OC(F)F)ccc2Cl)cs1. The Balaban J connectivity index is 1.79. The van der Waals surface area contributed by atoms with Crippen LogP contribution in [0, 0.1) is 5.92 Å². The molecule has 0 saturated carbocycles. The number of thiazole rings is 1. The molecule has 1 amide bonds. The van der Waals surface area contributed by atoms with Crippen molar-refractivity contribution < 1.29 is 22.7 Å². The predicted molar refractivity (Wildman–Crippen MR) is 109 cm³/mol. The van der Waals surface area contributed by atoms with E-state index in [-0.39, 0.29) is 17.6 Å². The summed E-state index contributed by atoms with van der Waals surface area (Å²) in [5, 5.41) is 2.56. The lowest BCUT2D eigenvalue weighted by Crippen LogP contribution is -2.33. The number of rotatable bonds is 8. The van der Waals surface area contributed by atoms with Gasteiger partial charge >= 0.3 is 6.61 Å². The largest absolute Gasteiger partial charge is 0.469 e. The highest BCUT2D eigenvalue weighted by Gasteiger charge is 2.25. The highest BCUT2D eigenvalue weighted by Crippen LogP contribution is 2.35. The number of hydrogen-bond acceptors (Lipinski definition) is 5. The second kappa shape index (κ2) is 9.37. The van der Waals surface area contributed by atoms with Crippen LogP contribution in [0.4, 0.5) is 13.9 Å². The van der Waals surface area contributed by atoms with E-state index in [1.54, 1.807) is 24.8 Å². The van der Waals surface area contributed by atoms with E-state index in [4.69, 9.17) is 16.0 Å². The van der Waals surface area contributed by atoms with E-state index in [9.17, 15) is 13.6 Å². The minimum atomic E-state index is -2.93. The first-order chi connectivity index (χ1) is 13.9. The lowest BCUT2D eigenvalue weighted by Gasteiger charge is -2.20. The molecule has 0 spiro atoms. The fourth-order valence-corrected chi connectivity index (χ4v) is 3.88. The van der Waals surface area contributed by atoms with E-state index in [0.717, 1.165) is 5.76 Å². The molecule has 0 radical (unpaired) electrons. The Labute approximate surface area is 175 Å². The zero-order valence-electron chi connectivity index (χ0n) is 15.8. The molecule has 5 nitrogen and oxygen atoms in total. The Hall–Kier alpha value is -2.45. The minimum absolute atomic E-state index is 0.0112. The quantitative estimate of drug-likeness (QED) is 0.438. The monoisotopic (exact) mass is 440 g/mol. The molecule has 2 aromatic heterocycles. The van der Waals surface area contributed by atoms with Crippen molar-refractivity contribution >= 4 is 34.0 Å². The van der Waals surface area contributed by atoms with Gasteiger partial charge in [-0.2, -0.15) is 8.78 Å². The van der Waals surface area contributed by atoms with Crippen molar-refractivity contribution in [3.05, 3.63) is 52.8 Å². The molecule has 0 aliphatic heterocycles. The molecule has 1 atom stereocenters. The smallest absolute Gasteiger partial charge is 0.387 e. The van der Waals surface area contributed by atoms with Crippen LogP contribution < -0.4 is 9.64 Å².